The fourth-order valence-corrected chi connectivity index (χ4v) is 4.91. The van der Waals surface area contributed by atoms with E-state index in [4.69, 9.17) is 4.74 Å². The smallest absolute Gasteiger partial charge is 0.251 e. The summed E-state index contributed by atoms with van der Waals surface area (Å²) in [5, 5.41) is 14.7. The molecule has 1 amide bonds. The summed E-state index contributed by atoms with van der Waals surface area (Å²) in [6, 6.07) is 7.84. The number of carbonyl (C=O) groups is 1. The Labute approximate surface area is 172 Å². The molecule has 0 spiro atoms. The molecule has 0 unspecified atom stereocenters. The zero-order valence-corrected chi connectivity index (χ0v) is 17.0. The molecule has 152 valence electrons. The van der Waals surface area contributed by atoms with Crippen LogP contribution in [-0.2, 0) is 21.3 Å². The van der Waals surface area contributed by atoms with Gasteiger partial charge in [-0.2, -0.15) is 15.6 Å². The standard InChI is InChI=1S/C18H19N5O4S2/c24-18(19-11-15-12-23(21-20-15)16-5-10-28-13-16)14-1-3-17(4-2-14)29(25,26)22-6-8-27-9-7-22/h1-5,10,12-13H,6-9,11H2,(H,19,24). The zero-order chi connectivity index (χ0) is 20.3. The number of nitrogens with zero attached hydrogens (tertiary/aromatic N) is 4. The average molecular weight is 434 g/mol. The van der Waals surface area contributed by atoms with Gasteiger partial charge in [-0.05, 0) is 35.7 Å². The van der Waals surface area contributed by atoms with Gasteiger partial charge in [0.25, 0.3) is 5.91 Å². The third-order valence-electron chi connectivity index (χ3n) is 4.47. The van der Waals surface area contributed by atoms with Crippen LogP contribution in [0.15, 0.2) is 52.2 Å². The quantitative estimate of drug-likeness (QED) is 0.628. The molecular weight excluding hydrogens is 414 g/mol. The molecule has 0 aliphatic carbocycles. The lowest BCUT2D eigenvalue weighted by atomic mass is 10.2. The number of hydrogen-bond acceptors (Lipinski definition) is 7. The Morgan fingerprint density at radius 1 is 1.17 bits per heavy atom. The maximum Gasteiger partial charge on any atom is 0.251 e. The van der Waals surface area contributed by atoms with Crippen LogP contribution in [0.3, 0.4) is 0 Å². The summed E-state index contributed by atoms with van der Waals surface area (Å²) in [5.41, 5.74) is 1.91. The fourth-order valence-electron chi connectivity index (χ4n) is 2.88. The van der Waals surface area contributed by atoms with E-state index in [9.17, 15) is 13.2 Å². The predicted octanol–water partition coefficient (Wildman–Crippen LogP) is 1.28. The molecule has 0 saturated carbocycles. The molecule has 4 rings (SSSR count). The van der Waals surface area contributed by atoms with Gasteiger partial charge in [-0.3, -0.25) is 4.79 Å². The molecule has 1 aromatic carbocycles. The molecule has 11 heteroatoms. The molecule has 0 bridgehead atoms. The van der Waals surface area contributed by atoms with Crippen molar-refractivity contribution in [2.45, 2.75) is 11.4 Å². The van der Waals surface area contributed by atoms with Gasteiger partial charge in [-0.15, -0.1) is 5.10 Å². The maximum absolute atomic E-state index is 12.6. The van der Waals surface area contributed by atoms with Gasteiger partial charge < -0.3 is 10.1 Å². The number of ether oxygens (including phenoxy) is 1. The molecule has 3 aromatic rings. The highest BCUT2D eigenvalue weighted by atomic mass is 32.2. The van der Waals surface area contributed by atoms with Crippen molar-refractivity contribution in [3.63, 3.8) is 0 Å². The van der Waals surface area contributed by atoms with Crippen LogP contribution in [-0.4, -0.2) is 59.9 Å². The summed E-state index contributed by atoms with van der Waals surface area (Å²) in [4.78, 5) is 12.5. The van der Waals surface area contributed by atoms with E-state index in [1.807, 2.05) is 16.8 Å². The first-order chi connectivity index (χ1) is 14.0. The fraction of sp³-hybridized carbons (Fsp3) is 0.278. The lowest BCUT2D eigenvalue weighted by Gasteiger charge is -2.26. The molecule has 2 aromatic heterocycles. The molecule has 3 heterocycles. The van der Waals surface area contributed by atoms with Crippen molar-refractivity contribution in [2.24, 2.45) is 0 Å². The number of rotatable bonds is 6. The summed E-state index contributed by atoms with van der Waals surface area (Å²) in [6.07, 6.45) is 1.75. The van der Waals surface area contributed by atoms with Crippen molar-refractivity contribution in [1.82, 2.24) is 24.6 Å². The van der Waals surface area contributed by atoms with Gasteiger partial charge in [-0.1, -0.05) is 5.21 Å². The second-order valence-electron chi connectivity index (χ2n) is 6.36. The summed E-state index contributed by atoms with van der Waals surface area (Å²) in [5.74, 6) is -0.314. The molecular formula is C18H19N5O4S2. The monoisotopic (exact) mass is 433 g/mol. The van der Waals surface area contributed by atoms with E-state index in [0.717, 1.165) is 5.69 Å². The number of benzene rings is 1. The van der Waals surface area contributed by atoms with Gasteiger partial charge in [0.15, 0.2) is 0 Å². The highest BCUT2D eigenvalue weighted by Gasteiger charge is 2.26. The topological polar surface area (TPSA) is 106 Å². The second kappa shape index (κ2) is 8.41. The first-order valence-electron chi connectivity index (χ1n) is 8.94. The number of sulfonamides is 1. The lowest BCUT2D eigenvalue weighted by Crippen LogP contribution is -2.40. The van der Waals surface area contributed by atoms with Crippen LogP contribution < -0.4 is 5.32 Å². The predicted molar refractivity (Wildman–Crippen MR) is 106 cm³/mol. The first-order valence-corrected chi connectivity index (χ1v) is 11.3. The van der Waals surface area contributed by atoms with Crippen molar-refractivity contribution in [3.05, 3.63) is 58.5 Å². The minimum absolute atomic E-state index is 0.162. The molecule has 1 N–H and O–H groups in total. The number of carbonyl (C=O) groups excluding carboxylic acids is 1. The largest absolute Gasteiger partial charge is 0.379 e. The number of thiophene rings is 1. The normalized spacial score (nSPS) is 15.3. The SMILES string of the molecule is O=C(NCc1cn(-c2ccsc2)nn1)c1ccc(S(=O)(=O)N2CCOCC2)cc1. The molecule has 1 fully saturated rings. The van der Waals surface area contributed by atoms with Gasteiger partial charge in [0.05, 0.1) is 36.5 Å². The molecule has 0 radical (unpaired) electrons. The Hall–Kier alpha value is -2.60. The number of amides is 1. The van der Waals surface area contributed by atoms with E-state index in [1.165, 1.54) is 28.6 Å². The van der Waals surface area contributed by atoms with E-state index in [2.05, 4.69) is 15.6 Å². The van der Waals surface area contributed by atoms with Crippen LogP contribution in [0.4, 0.5) is 0 Å². The summed E-state index contributed by atoms with van der Waals surface area (Å²) < 4.78 is 33.5. The molecule has 1 aliphatic heterocycles. The number of nitrogens with one attached hydrogen (secondary N) is 1. The van der Waals surface area contributed by atoms with Crippen LogP contribution in [0.2, 0.25) is 0 Å². The highest BCUT2D eigenvalue weighted by Crippen LogP contribution is 2.18. The summed E-state index contributed by atoms with van der Waals surface area (Å²) >= 11 is 1.56. The van der Waals surface area contributed by atoms with Crippen molar-refractivity contribution < 1.29 is 17.9 Å². The van der Waals surface area contributed by atoms with E-state index in [1.54, 1.807) is 22.2 Å². The van der Waals surface area contributed by atoms with Crippen LogP contribution in [0.25, 0.3) is 5.69 Å². The van der Waals surface area contributed by atoms with Crippen LogP contribution in [0, 0.1) is 0 Å². The van der Waals surface area contributed by atoms with E-state index >= 15 is 0 Å². The number of aromatic nitrogens is 3. The molecule has 1 saturated heterocycles. The summed E-state index contributed by atoms with van der Waals surface area (Å²) in [6.45, 7) is 1.65. The van der Waals surface area contributed by atoms with E-state index < -0.39 is 10.0 Å². The average Bonchev–Trinajstić information content (AvgIpc) is 3.44. The van der Waals surface area contributed by atoms with Crippen molar-refractivity contribution in [3.8, 4) is 5.69 Å². The summed E-state index contributed by atoms with van der Waals surface area (Å²) in [7, 11) is -3.58. The Kier molecular flexibility index (Phi) is 5.72. The number of morpholine rings is 1. The molecule has 29 heavy (non-hydrogen) atoms. The Balaban J connectivity index is 1.38. The minimum atomic E-state index is -3.58. The van der Waals surface area contributed by atoms with Gasteiger partial charge >= 0.3 is 0 Å². The van der Waals surface area contributed by atoms with Gasteiger partial charge in [0, 0.05) is 24.0 Å². The highest BCUT2D eigenvalue weighted by molar-refractivity contribution is 7.89. The Morgan fingerprint density at radius 3 is 2.62 bits per heavy atom. The first kappa shape index (κ1) is 19.7. The van der Waals surface area contributed by atoms with Gasteiger partial charge in [0.2, 0.25) is 10.0 Å². The van der Waals surface area contributed by atoms with Gasteiger partial charge in [-0.25, -0.2) is 13.1 Å². The molecule has 9 nitrogen and oxygen atoms in total. The maximum atomic E-state index is 12.6. The zero-order valence-electron chi connectivity index (χ0n) is 15.4. The third kappa shape index (κ3) is 4.37. The van der Waals surface area contributed by atoms with E-state index in [-0.39, 0.29) is 17.3 Å². The van der Waals surface area contributed by atoms with E-state index in [0.29, 0.717) is 37.6 Å². The Morgan fingerprint density at radius 2 is 1.93 bits per heavy atom. The minimum Gasteiger partial charge on any atom is -0.379 e. The second-order valence-corrected chi connectivity index (χ2v) is 9.08. The Bertz CT molecular complexity index is 1070. The third-order valence-corrected chi connectivity index (χ3v) is 7.05. The molecule has 1 aliphatic rings. The van der Waals surface area contributed by atoms with Crippen LogP contribution in [0.5, 0.6) is 0 Å². The van der Waals surface area contributed by atoms with Crippen molar-refractivity contribution >= 4 is 27.3 Å². The van der Waals surface area contributed by atoms with Crippen molar-refractivity contribution in [2.75, 3.05) is 26.3 Å². The lowest BCUT2D eigenvalue weighted by molar-refractivity contribution is 0.0730. The molecule has 0 atom stereocenters. The van der Waals surface area contributed by atoms with Crippen LogP contribution >= 0.6 is 11.3 Å². The van der Waals surface area contributed by atoms with Crippen molar-refractivity contribution in [1.29, 1.82) is 0 Å². The van der Waals surface area contributed by atoms with Crippen LogP contribution in [0.1, 0.15) is 16.1 Å². The van der Waals surface area contributed by atoms with Gasteiger partial charge in [0.1, 0.15) is 5.69 Å². The number of hydrogen-bond donors (Lipinski definition) is 1.